The van der Waals surface area contributed by atoms with Crippen molar-refractivity contribution < 1.29 is 4.79 Å². The van der Waals surface area contributed by atoms with Crippen LogP contribution in [-0.2, 0) is 12.8 Å². The van der Waals surface area contributed by atoms with Crippen LogP contribution in [0.1, 0.15) is 74.6 Å². The number of halogens is 1. The molecule has 6 heteroatoms. The zero-order valence-electron chi connectivity index (χ0n) is 23.0. The molecule has 0 aliphatic heterocycles. The first kappa shape index (κ1) is 28.0. The van der Waals surface area contributed by atoms with Crippen molar-refractivity contribution in [1.29, 1.82) is 0 Å². The number of aryl methyl sites for hydroxylation is 2. The predicted octanol–water partition coefficient (Wildman–Crippen LogP) is 8.72. The van der Waals surface area contributed by atoms with Crippen LogP contribution in [0.3, 0.4) is 0 Å². The molecule has 0 amide bonds. The van der Waals surface area contributed by atoms with Crippen molar-refractivity contribution in [1.82, 2.24) is 9.55 Å². The van der Waals surface area contributed by atoms with Crippen molar-refractivity contribution >= 4 is 28.7 Å². The smallest absolute Gasteiger partial charge is 0.265 e. The van der Waals surface area contributed by atoms with Crippen LogP contribution >= 0.6 is 22.9 Å². The Bertz CT molecular complexity index is 1500. The second kappa shape index (κ2) is 11.4. The van der Waals surface area contributed by atoms with Gasteiger partial charge in [-0.15, -0.1) is 11.3 Å². The summed E-state index contributed by atoms with van der Waals surface area (Å²) in [6.45, 7) is 12.5. The maximum atomic E-state index is 14.2. The maximum absolute atomic E-state index is 14.2. The number of carbonyl (C=O) groups is 1. The monoisotopic (exact) mass is 546 g/mol. The Hall–Kier alpha value is -3.02. The molecule has 4 nitrogen and oxygen atoms in total. The Kier molecular flexibility index (Phi) is 8.39. The number of nitrogens with zero attached hydrogens (tertiary/aromatic N) is 2. The number of ketones is 1. The number of hydrogen-bond acceptors (Lipinski definition) is 4. The molecule has 0 fully saturated rings. The molecule has 38 heavy (non-hydrogen) atoms. The lowest BCUT2D eigenvalue weighted by Crippen LogP contribution is -2.27. The molecule has 4 rings (SSSR count). The average molecular weight is 547 g/mol. The highest BCUT2D eigenvalue weighted by Crippen LogP contribution is 2.32. The number of Topliss-reactive ketones (excluding diaryl/α,β-unsaturated/α-hetero) is 1. The Labute approximate surface area is 234 Å². The Balaban J connectivity index is 1.95. The van der Waals surface area contributed by atoms with Gasteiger partial charge in [-0.1, -0.05) is 76.6 Å². The molecular weight excluding hydrogens is 512 g/mol. The topological polar surface area (TPSA) is 52.0 Å². The summed E-state index contributed by atoms with van der Waals surface area (Å²) in [5.41, 5.74) is 6.36. The highest BCUT2D eigenvalue weighted by molar-refractivity contribution is 7.13. The van der Waals surface area contributed by atoms with Crippen LogP contribution in [0.4, 0.5) is 0 Å². The minimum absolute atomic E-state index is 0.0355. The first-order valence-corrected chi connectivity index (χ1v) is 14.4. The third-order valence-electron chi connectivity index (χ3n) is 6.91. The van der Waals surface area contributed by atoms with E-state index in [2.05, 4.69) is 46.8 Å². The first-order chi connectivity index (χ1) is 18.0. The third kappa shape index (κ3) is 5.84. The standard InChI is InChI=1S/C32H35ClN2O2S/c1-7-21-10-9-11-22(8-2)29(21)35-20(3)25(28(36)16-17-32(4,5)6)18-26(31(35)37)30-34-27(19-38-30)23-12-14-24(33)15-13-23/h9-15,18-19H,7-8,16-17H2,1-6H3. The Morgan fingerprint density at radius 3 is 2.24 bits per heavy atom. The quantitative estimate of drug-likeness (QED) is 0.208. The van der Waals surface area contributed by atoms with Crippen LogP contribution in [0.2, 0.25) is 5.02 Å². The van der Waals surface area contributed by atoms with Gasteiger partial charge in [0.2, 0.25) is 0 Å². The van der Waals surface area contributed by atoms with Gasteiger partial charge in [0, 0.05) is 33.6 Å². The molecule has 0 saturated heterocycles. The highest BCUT2D eigenvalue weighted by Gasteiger charge is 2.24. The number of rotatable bonds is 8. The molecule has 0 radical (unpaired) electrons. The number of aromatic nitrogens is 2. The van der Waals surface area contributed by atoms with Crippen molar-refractivity contribution in [2.45, 2.75) is 67.2 Å². The second-order valence-corrected chi connectivity index (χ2v) is 12.2. The van der Waals surface area contributed by atoms with Crippen LogP contribution in [0, 0.1) is 12.3 Å². The molecule has 0 saturated carbocycles. The normalized spacial score (nSPS) is 11.7. The van der Waals surface area contributed by atoms with Gasteiger partial charge in [-0.05, 0) is 60.9 Å². The van der Waals surface area contributed by atoms with Gasteiger partial charge >= 0.3 is 0 Å². The number of hydrogen-bond donors (Lipinski definition) is 0. The Morgan fingerprint density at radius 2 is 1.66 bits per heavy atom. The summed E-state index contributed by atoms with van der Waals surface area (Å²) >= 11 is 7.48. The first-order valence-electron chi connectivity index (χ1n) is 13.2. The fourth-order valence-electron chi connectivity index (χ4n) is 4.68. The fraction of sp³-hybridized carbons (Fsp3) is 0.344. The van der Waals surface area contributed by atoms with E-state index >= 15 is 0 Å². The number of thiazole rings is 1. The number of benzene rings is 2. The van der Waals surface area contributed by atoms with E-state index in [0.29, 0.717) is 33.3 Å². The van der Waals surface area contributed by atoms with Gasteiger partial charge in [-0.25, -0.2) is 4.98 Å². The van der Waals surface area contributed by atoms with E-state index in [1.807, 2.05) is 42.6 Å². The van der Waals surface area contributed by atoms with Crippen molar-refractivity contribution in [3.63, 3.8) is 0 Å². The lowest BCUT2D eigenvalue weighted by Gasteiger charge is -2.22. The number of para-hydroxylation sites is 1. The van der Waals surface area contributed by atoms with Crippen LogP contribution in [0.25, 0.3) is 27.5 Å². The predicted molar refractivity (Wildman–Crippen MR) is 160 cm³/mol. The minimum Gasteiger partial charge on any atom is -0.294 e. The molecule has 198 valence electrons. The molecule has 2 aromatic heterocycles. The molecular formula is C32H35ClN2O2S. The molecule has 2 heterocycles. The summed E-state index contributed by atoms with van der Waals surface area (Å²) in [5, 5.41) is 3.21. The molecule has 0 spiro atoms. The van der Waals surface area contributed by atoms with Gasteiger partial charge in [0.1, 0.15) is 5.01 Å². The van der Waals surface area contributed by atoms with E-state index in [-0.39, 0.29) is 16.8 Å². The van der Waals surface area contributed by atoms with Crippen molar-refractivity contribution in [2.75, 3.05) is 0 Å². The largest absolute Gasteiger partial charge is 0.294 e. The molecule has 0 N–H and O–H groups in total. The van der Waals surface area contributed by atoms with Crippen LogP contribution in [-0.4, -0.2) is 15.3 Å². The molecule has 0 unspecified atom stereocenters. The van der Waals surface area contributed by atoms with E-state index in [1.165, 1.54) is 11.3 Å². The van der Waals surface area contributed by atoms with E-state index in [9.17, 15) is 9.59 Å². The van der Waals surface area contributed by atoms with E-state index < -0.39 is 0 Å². The van der Waals surface area contributed by atoms with Crippen LogP contribution in [0.5, 0.6) is 0 Å². The third-order valence-corrected chi connectivity index (χ3v) is 8.04. The SMILES string of the molecule is CCc1cccc(CC)c1-n1c(C)c(C(=O)CCC(C)(C)C)cc(-c2nc(-c3ccc(Cl)cc3)cs2)c1=O. The number of carbonyl (C=O) groups excluding carboxylic acids is 1. The fourth-order valence-corrected chi connectivity index (χ4v) is 5.65. The molecule has 0 bridgehead atoms. The molecule has 2 aromatic carbocycles. The summed E-state index contributed by atoms with van der Waals surface area (Å²) in [5.74, 6) is 0.0499. The summed E-state index contributed by atoms with van der Waals surface area (Å²) in [7, 11) is 0. The van der Waals surface area contributed by atoms with Gasteiger partial charge in [0.15, 0.2) is 5.78 Å². The molecule has 0 aliphatic rings. The van der Waals surface area contributed by atoms with Gasteiger partial charge in [0.05, 0.1) is 16.9 Å². The zero-order valence-corrected chi connectivity index (χ0v) is 24.6. The summed E-state index contributed by atoms with van der Waals surface area (Å²) in [6, 6.07) is 15.4. The summed E-state index contributed by atoms with van der Waals surface area (Å²) in [6.07, 6.45) is 2.75. The molecule has 0 aliphatic carbocycles. The maximum Gasteiger partial charge on any atom is 0.265 e. The number of pyridine rings is 1. The van der Waals surface area contributed by atoms with E-state index in [1.54, 1.807) is 10.6 Å². The van der Waals surface area contributed by atoms with Gasteiger partial charge < -0.3 is 0 Å². The van der Waals surface area contributed by atoms with Crippen LogP contribution in [0.15, 0.2) is 58.7 Å². The van der Waals surface area contributed by atoms with Gasteiger partial charge in [-0.3, -0.25) is 14.2 Å². The lowest BCUT2D eigenvalue weighted by molar-refractivity contribution is 0.0964. The van der Waals surface area contributed by atoms with E-state index in [0.717, 1.165) is 47.3 Å². The average Bonchev–Trinajstić information content (AvgIpc) is 3.37. The minimum atomic E-state index is -0.150. The molecule has 0 atom stereocenters. The van der Waals surface area contributed by atoms with Crippen molar-refractivity contribution in [2.24, 2.45) is 5.41 Å². The van der Waals surface area contributed by atoms with Crippen molar-refractivity contribution in [3.8, 4) is 27.5 Å². The van der Waals surface area contributed by atoms with E-state index in [4.69, 9.17) is 16.6 Å². The second-order valence-electron chi connectivity index (χ2n) is 10.9. The van der Waals surface area contributed by atoms with Crippen LogP contribution < -0.4 is 5.56 Å². The van der Waals surface area contributed by atoms with Gasteiger partial charge in [0.25, 0.3) is 5.56 Å². The molecule has 4 aromatic rings. The highest BCUT2D eigenvalue weighted by atomic mass is 35.5. The van der Waals surface area contributed by atoms with Gasteiger partial charge in [-0.2, -0.15) is 0 Å². The zero-order chi connectivity index (χ0) is 27.6. The summed E-state index contributed by atoms with van der Waals surface area (Å²) in [4.78, 5) is 32.7. The Morgan fingerprint density at radius 1 is 1.03 bits per heavy atom. The summed E-state index contributed by atoms with van der Waals surface area (Å²) < 4.78 is 1.76. The van der Waals surface area contributed by atoms with Crippen molar-refractivity contribution in [3.05, 3.63) is 91.7 Å². The lowest BCUT2D eigenvalue weighted by atomic mass is 9.88.